The summed E-state index contributed by atoms with van der Waals surface area (Å²) in [6, 6.07) is 0. The first-order valence-corrected chi connectivity index (χ1v) is 11.8. The van der Waals surface area contributed by atoms with Gasteiger partial charge in [0.15, 0.2) is 5.43 Å². The molecule has 29 heavy (non-hydrogen) atoms. The van der Waals surface area contributed by atoms with E-state index in [2.05, 4.69) is 18.3 Å². The van der Waals surface area contributed by atoms with Crippen molar-refractivity contribution in [1.82, 2.24) is 10.0 Å². The standard InChI is InChI=1S/C25H42N2O2/c1-19-14-16-23(17-15-19)26-18-12-10-8-6-5-7-9-11-13-24-21(3)25(28)20(2)22(4)27(24)29/h16,19,26,29H,5-15,17-18H2,1-4H3. The third-order valence-corrected chi connectivity index (χ3v) is 6.60. The van der Waals surface area contributed by atoms with Gasteiger partial charge in [0.2, 0.25) is 0 Å². The van der Waals surface area contributed by atoms with Crippen LogP contribution in [0.3, 0.4) is 0 Å². The lowest BCUT2D eigenvalue weighted by Crippen LogP contribution is -2.21. The summed E-state index contributed by atoms with van der Waals surface area (Å²) in [6.45, 7) is 8.88. The number of pyridine rings is 1. The van der Waals surface area contributed by atoms with E-state index < -0.39 is 0 Å². The molecule has 1 aromatic heterocycles. The Morgan fingerprint density at radius 3 is 2.24 bits per heavy atom. The van der Waals surface area contributed by atoms with Crippen molar-refractivity contribution < 1.29 is 5.21 Å². The van der Waals surface area contributed by atoms with E-state index in [0.29, 0.717) is 16.8 Å². The van der Waals surface area contributed by atoms with E-state index in [1.807, 2.05) is 13.8 Å². The number of unbranched alkanes of at least 4 members (excludes halogenated alkanes) is 7. The molecule has 1 aromatic rings. The van der Waals surface area contributed by atoms with Crippen LogP contribution in [0.25, 0.3) is 0 Å². The van der Waals surface area contributed by atoms with Crippen molar-refractivity contribution in [2.45, 2.75) is 105 Å². The van der Waals surface area contributed by atoms with E-state index >= 15 is 0 Å². The maximum Gasteiger partial charge on any atom is 0.188 e. The van der Waals surface area contributed by atoms with E-state index in [-0.39, 0.29) is 5.43 Å². The van der Waals surface area contributed by atoms with Gasteiger partial charge in [-0.15, -0.1) is 0 Å². The van der Waals surface area contributed by atoms with Gasteiger partial charge in [-0.05, 0) is 65.2 Å². The quantitative estimate of drug-likeness (QED) is 0.335. The van der Waals surface area contributed by atoms with E-state index in [0.717, 1.165) is 37.4 Å². The molecule has 4 nitrogen and oxygen atoms in total. The minimum atomic E-state index is 0.0756. The Labute approximate surface area is 177 Å². The predicted molar refractivity (Wildman–Crippen MR) is 122 cm³/mol. The van der Waals surface area contributed by atoms with Crippen LogP contribution in [0.1, 0.15) is 100 Å². The molecule has 0 fully saturated rings. The summed E-state index contributed by atoms with van der Waals surface area (Å²) in [5, 5.41) is 13.9. The van der Waals surface area contributed by atoms with Crippen LogP contribution >= 0.6 is 0 Å². The summed E-state index contributed by atoms with van der Waals surface area (Å²) in [5.74, 6) is 0.860. The third-order valence-electron chi connectivity index (χ3n) is 6.60. The summed E-state index contributed by atoms with van der Waals surface area (Å²) in [6.07, 6.45) is 16.9. The van der Waals surface area contributed by atoms with Gasteiger partial charge in [0, 0.05) is 23.4 Å². The average Bonchev–Trinajstić information content (AvgIpc) is 2.72. The highest BCUT2D eigenvalue weighted by molar-refractivity contribution is 5.29. The summed E-state index contributed by atoms with van der Waals surface area (Å²) >= 11 is 0. The molecule has 1 aliphatic rings. The van der Waals surface area contributed by atoms with Crippen molar-refractivity contribution in [2.24, 2.45) is 5.92 Å². The van der Waals surface area contributed by atoms with E-state index in [9.17, 15) is 10.0 Å². The number of nitrogens with zero attached hydrogens (tertiary/aromatic N) is 1. The molecule has 4 heteroatoms. The first-order chi connectivity index (χ1) is 13.9. The molecular formula is C25H42N2O2. The fourth-order valence-corrected chi connectivity index (χ4v) is 4.24. The summed E-state index contributed by atoms with van der Waals surface area (Å²) in [5.41, 5.74) is 4.34. The molecule has 0 bridgehead atoms. The van der Waals surface area contributed by atoms with Crippen LogP contribution in [-0.2, 0) is 6.42 Å². The van der Waals surface area contributed by atoms with Crippen LogP contribution in [0.4, 0.5) is 0 Å². The number of aromatic nitrogens is 1. The largest absolute Gasteiger partial charge is 0.428 e. The maximum absolute atomic E-state index is 12.2. The van der Waals surface area contributed by atoms with Crippen molar-refractivity contribution in [3.8, 4) is 0 Å². The molecule has 0 saturated carbocycles. The van der Waals surface area contributed by atoms with Gasteiger partial charge in [0.25, 0.3) is 0 Å². The minimum Gasteiger partial charge on any atom is -0.428 e. The van der Waals surface area contributed by atoms with E-state index in [4.69, 9.17) is 0 Å². The maximum atomic E-state index is 12.2. The topological polar surface area (TPSA) is 54.3 Å². The first kappa shape index (κ1) is 23.6. The smallest absolute Gasteiger partial charge is 0.188 e. The predicted octanol–water partition coefficient (Wildman–Crippen LogP) is 5.97. The van der Waals surface area contributed by atoms with Crippen LogP contribution in [0.5, 0.6) is 0 Å². The molecule has 0 radical (unpaired) electrons. The van der Waals surface area contributed by atoms with E-state index in [1.165, 1.54) is 68.2 Å². The number of hydrogen-bond donors (Lipinski definition) is 2. The molecule has 164 valence electrons. The van der Waals surface area contributed by atoms with Gasteiger partial charge in [0.05, 0.1) is 11.4 Å². The fraction of sp³-hybridized carbons (Fsp3) is 0.720. The second kappa shape index (κ2) is 12.1. The number of nitrogens with one attached hydrogen (secondary N) is 1. The van der Waals surface area contributed by atoms with Crippen molar-refractivity contribution in [3.63, 3.8) is 0 Å². The van der Waals surface area contributed by atoms with Crippen LogP contribution in [0.2, 0.25) is 0 Å². The molecule has 1 aliphatic carbocycles. The molecule has 2 N–H and O–H groups in total. The highest BCUT2D eigenvalue weighted by Gasteiger charge is 2.13. The van der Waals surface area contributed by atoms with Gasteiger partial charge in [0.1, 0.15) is 0 Å². The Balaban J connectivity index is 1.50. The highest BCUT2D eigenvalue weighted by atomic mass is 16.5. The summed E-state index contributed by atoms with van der Waals surface area (Å²) < 4.78 is 1.23. The van der Waals surface area contributed by atoms with Gasteiger partial charge in [-0.3, -0.25) is 4.79 Å². The van der Waals surface area contributed by atoms with Crippen molar-refractivity contribution in [1.29, 1.82) is 0 Å². The normalized spacial score (nSPS) is 16.7. The SMILES string of the molecule is Cc1c(C)n(O)c(CCCCCCCCCCNC2=CCC(C)CC2)c(C)c1=O. The molecule has 2 rings (SSSR count). The van der Waals surface area contributed by atoms with Gasteiger partial charge in [-0.1, -0.05) is 51.5 Å². The van der Waals surface area contributed by atoms with Gasteiger partial charge >= 0.3 is 0 Å². The zero-order valence-electron chi connectivity index (χ0n) is 19.1. The number of rotatable bonds is 12. The fourth-order valence-electron chi connectivity index (χ4n) is 4.24. The average molecular weight is 403 g/mol. The Morgan fingerprint density at radius 2 is 1.62 bits per heavy atom. The second-order valence-corrected chi connectivity index (χ2v) is 9.04. The summed E-state index contributed by atoms with van der Waals surface area (Å²) in [7, 11) is 0. The monoisotopic (exact) mass is 402 g/mol. The van der Waals surface area contributed by atoms with Crippen LogP contribution in [-0.4, -0.2) is 16.5 Å². The zero-order valence-corrected chi connectivity index (χ0v) is 19.1. The Bertz CT molecular complexity index is 733. The molecule has 1 atom stereocenters. The van der Waals surface area contributed by atoms with Gasteiger partial charge in [-0.2, -0.15) is 4.73 Å². The van der Waals surface area contributed by atoms with Crippen molar-refractivity contribution >= 4 is 0 Å². The molecule has 0 saturated heterocycles. The van der Waals surface area contributed by atoms with Crippen molar-refractivity contribution in [2.75, 3.05) is 6.54 Å². The Morgan fingerprint density at radius 1 is 1.00 bits per heavy atom. The lowest BCUT2D eigenvalue weighted by molar-refractivity contribution is 0.165. The molecule has 0 amide bonds. The first-order valence-electron chi connectivity index (χ1n) is 11.8. The van der Waals surface area contributed by atoms with Crippen molar-refractivity contribution in [3.05, 3.63) is 44.5 Å². The highest BCUT2D eigenvalue weighted by Crippen LogP contribution is 2.21. The Hall–Kier alpha value is -1.71. The lowest BCUT2D eigenvalue weighted by Gasteiger charge is -2.19. The van der Waals surface area contributed by atoms with Gasteiger partial charge < -0.3 is 10.5 Å². The molecule has 0 aromatic carbocycles. The summed E-state index contributed by atoms with van der Waals surface area (Å²) in [4.78, 5) is 12.2. The zero-order chi connectivity index (χ0) is 21.2. The molecule has 1 unspecified atom stereocenters. The van der Waals surface area contributed by atoms with E-state index in [1.54, 1.807) is 6.92 Å². The Kier molecular flexibility index (Phi) is 9.83. The molecule has 1 heterocycles. The molecule has 0 spiro atoms. The van der Waals surface area contributed by atoms with Crippen LogP contribution < -0.4 is 10.7 Å². The van der Waals surface area contributed by atoms with Crippen LogP contribution in [0.15, 0.2) is 16.6 Å². The minimum absolute atomic E-state index is 0.0756. The van der Waals surface area contributed by atoms with Crippen LogP contribution in [0, 0.1) is 26.7 Å². The number of hydrogen-bond acceptors (Lipinski definition) is 3. The van der Waals surface area contributed by atoms with Gasteiger partial charge in [-0.25, -0.2) is 0 Å². The molecular weight excluding hydrogens is 360 g/mol. The lowest BCUT2D eigenvalue weighted by atomic mass is 9.94. The second-order valence-electron chi connectivity index (χ2n) is 9.04. The third kappa shape index (κ3) is 7.24. The molecule has 0 aliphatic heterocycles. The number of allylic oxidation sites excluding steroid dienone is 2.